The molecule has 1 rings (SSSR count). The molecule has 0 aliphatic heterocycles. The Morgan fingerprint density at radius 2 is 1.95 bits per heavy atom. The maximum atomic E-state index is 14.0. The fourth-order valence-corrected chi connectivity index (χ4v) is 2.10. The lowest BCUT2D eigenvalue weighted by Crippen LogP contribution is -2.19. The summed E-state index contributed by atoms with van der Waals surface area (Å²) in [7, 11) is 0. The highest BCUT2D eigenvalue weighted by molar-refractivity contribution is 5.83. The molecule has 0 atom stereocenters. The Balaban J connectivity index is 2.38. The highest BCUT2D eigenvalue weighted by Crippen LogP contribution is 2.21. The van der Waals surface area contributed by atoms with Crippen LogP contribution >= 0.6 is 0 Å². The molecule has 0 spiro atoms. The van der Waals surface area contributed by atoms with E-state index < -0.39 is 0 Å². The highest BCUT2D eigenvalue weighted by Gasteiger charge is 2.19. The van der Waals surface area contributed by atoms with E-state index in [1.54, 1.807) is 12.1 Å². The molecule has 3 nitrogen and oxygen atoms in total. The number of carbonyl (C=O) groups is 2. The van der Waals surface area contributed by atoms with Gasteiger partial charge in [0.15, 0.2) is 0 Å². The lowest BCUT2D eigenvalue weighted by Gasteiger charge is -2.16. The van der Waals surface area contributed by atoms with Crippen molar-refractivity contribution in [3.8, 4) is 0 Å². The number of nitrogens with one attached hydrogen (secondary N) is 1. The maximum absolute atomic E-state index is 14.0. The lowest BCUT2D eigenvalue weighted by molar-refractivity contribution is -0.126. The first-order valence-corrected chi connectivity index (χ1v) is 7.37. The number of ketones is 1. The van der Waals surface area contributed by atoms with Gasteiger partial charge in [-0.1, -0.05) is 39.3 Å². The zero-order chi connectivity index (χ0) is 15.9. The van der Waals surface area contributed by atoms with Crippen LogP contribution in [0.25, 0.3) is 0 Å². The van der Waals surface area contributed by atoms with Crippen LogP contribution in [0.3, 0.4) is 0 Å². The number of amides is 1. The molecule has 1 N–H and O–H groups in total. The molecule has 0 aliphatic rings. The van der Waals surface area contributed by atoms with Crippen LogP contribution in [-0.4, -0.2) is 12.2 Å². The summed E-state index contributed by atoms with van der Waals surface area (Å²) in [6.45, 7) is 5.78. The molecule has 0 aromatic heterocycles. The number of hydrogen-bond acceptors (Lipinski definition) is 2. The van der Waals surface area contributed by atoms with Crippen LogP contribution in [0.1, 0.15) is 52.0 Å². The first kappa shape index (κ1) is 17.3. The van der Waals surface area contributed by atoms with E-state index in [1.807, 2.05) is 20.8 Å². The lowest BCUT2D eigenvalue weighted by atomic mass is 9.87. The van der Waals surface area contributed by atoms with Gasteiger partial charge in [0.1, 0.15) is 11.6 Å². The molecule has 0 unspecified atom stereocenters. The van der Waals surface area contributed by atoms with Crippen molar-refractivity contribution in [3.05, 3.63) is 29.6 Å². The third-order valence-electron chi connectivity index (χ3n) is 3.48. The minimum absolute atomic E-state index is 0.213. The molecule has 0 aliphatic carbocycles. The molecule has 21 heavy (non-hydrogen) atoms. The molecule has 1 aromatic carbocycles. The highest BCUT2D eigenvalue weighted by atomic mass is 19.1. The first-order valence-electron chi connectivity index (χ1n) is 7.37. The number of hydrogen-bond donors (Lipinski definition) is 1. The van der Waals surface area contributed by atoms with Crippen LogP contribution in [0, 0.1) is 11.2 Å². The minimum Gasteiger partial charge on any atom is -0.326 e. The molecule has 1 aromatic rings. The summed E-state index contributed by atoms with van der Waals surface area (Å²) in [5.41, 5.74) is 0.537. The number of unbranched alkanes of at least 4 members (excludes halogenated alkanes) is 2. The fourth-order valence-electron chi connectivity index (χ4n) is 2.10. The second-order valence-electron chi connectivity index (χ2n) is 6.27. The van der Waals surface area contributed by atoms with Crippen molar-refractivity contribution in [3.63, 3.8) is 0 Å². The molecule has 4 heteroatoms. The molecular formula is C17H24FNO2. The van der Waals surface area contributed by atoms with Crippen LogP contribution < -0.4 is 5.32 Å². The largest absolute Gasteiger partial charge is 0.326 e. The average molecular weight is 293 g/mol. The van der Waals surface area contributed by atoms with Gasteiger partial charge in [-0.25, -0.2) is 4.39 Å². The molecule has 0 bridgehead atoms. The van der Waals surface area contributed by atoms with Gasteiger partial charge in [-0.3, -0.25) is 9.59 Å². The van der Waals surface area contributed by atoms with E-state index in [1.165, 1.54) is 6.07 Å². The van der Waals surface area contributed by atoms with Gasteiger partial charge in [-0.05, 0) is 30.9 Å². The Labute approximate surface area is 125 Å². The van der Waals surface area contributed by atoms with Gasteiger partial charge in [0.2, 0.25) is 6.41 Å². The molecule has 0 saturated carbocycles. The van der Waals surface area contributed by atoms with Crippen LogP contribution in [0.2, 0.25) is 0 Å². The second kappa shape index (κ2) is 7.91. The zero-order valence-corrected chi connectivity index (χ0v) is 13.0. The van der Waals surface area contributed by atoms with Crippen molar-refractivity contribution < 1.29 is 14.0 Å². The molecule has 1 amide bonds. The number of carbonyl (C=O) groups excluding carboxylic acids is 2. The Bertz CT molecular complexity index is 492. The fraction of sp³-hybridized carbons (Fsp3) is 0.529. The molecule has 0 radical (unpaired) electrons. The summed E-state index contributed by atoms with van der Waals surface area (Å²) in [6, 6.07) is 4.99. The third kappa shape index (κ3) is 5.66. The van der Waals surface area contributed by atoms with E-state index in [9.17, 15) is 14.0 Å². The topological polar surface area (TPSA) is 46.2 Å². The summed E-state index contributed by atoms with van der Waals surface area (Å²) < 4.78 is 14.0. The van der Waals surface area contributed by atoms with Crippen molar-refractivity contribution in [2.24, 2.45) is 5.41 Å². The number of aryl methyl sites for hydroxylation is 1. The van der Waals surface area contributed by atoms with Gasteiger partial charge in [0, 0.05) is 11.8 Å². The minimum atomic E-state index is -0.365. The van der Waals surface area contributed by atoms with Gasteiger partial charge in [0.25, 0.3) is 0 Å². The van der Waals surface area contributed by atoms with Gasteiger partial charge < -0.3 is 5.32 Å². The summed E-state index contributed by atoms with van der Waals surface area (Å²) in [6.07, 6.45) is 4.23. The van der Waals surface area contributed by atoms with Crippen LogP contribution in [-0.2, 0) is 16.0 Å². The Morgan fingerprint density at radius 1 is 1.24 bits per heavy atom. The number of rotatable bonds is 8. The standard InChI is InChI=1S/C17H24FNO2/c1-17(2,3)15(21)11-6-4-5-8-13-9-7-10-14(16(13)18)19-12-20/h7,9-10,12H,4-6,8,11H2,1-3H3,(H,19,20). The molecule has 0 heterocycles. The molecule has 0 saturated heterocycles. The molecule has 116 valence electrons. The first-order chi connectivity index (χ1) is 9.86. The predicted molar refractivity (Wildman–Crippen MR) is 82.7 cm³/mol. The SMILES string of the molecule is CC(C)(C)C(=O)CCCCCc1cccc(NC=O)c1F. The van der Waals surface area contributed by atoms with Crippen molar-refractivity contribution in [2.75, 3.05) is 5.32 Å². The van der Waals surface area contributed by atoms with E-state index in [0.29, 0.717) is 24.8 Å². The van der Waals surface area contributed by atoms with Crippen molar-refractivity contribution in [1.82, 2.24) is 0 Å². The average Bonchev–Trinajstić information content (AvgIpc) is 2.41. The van der Waals surface area contributed by atoms with E-state index in [0.717, 1.165) is 19.3 Å². The number of benzene rings is 1. The van der Waals surface area contributed by atoms with Crippen molar-refractivity contribution in [2.45, 2.75) is 52.9 Å². The number of halogens is 1. The van der Waals surface area contributed by atoms with Gasteiger partial charge in [-0.15, -0.1) is 0 Å². The smallest absolute Gasteiger partial charge is 0.211 e. The second-order valence-corrected chi connectivity index (χ2v) is 6.27. The summed E-state index contributed by atoms with van der Waals surface area (Å²) in [5, 5.41) is 2.35. The normalized spacial score (nSPS) is 11.2. The number of Topliss-reactive ketones (excluding diaryl/α,β-unsaturated/α-hetero) is 1. The van der Waals surface area contributed by atoms with Crippen LogP contribution in [0.15, 0.2) is 18.2 Å². The van der Waals surface area contributed by atoms with Crippen LogP contribution in [0.4, 0.5) is 10.1 Å². The predicted octanol–water partition coefficient (Wildman–Crippen LogP) is 4.11. The summed E-state index contributed by atoms with van der Waals surface area (Å²) in [4.78, 5) is 22.1. The monoisotopic (exact) mass is 293 g/mol. The van der Waals surface area contributed by atoms with Gasteiger partial charge in [0.05, 0.1) is 5.69 Å². The van der Waals surface area contributed by atoms with Gasteiger partial charge in [-0.2, -0.15) is 0 Å². The third-order valence-corrected chi connectivity index (χ3v) is 3.48. The quantitative estimate of drug-likeness (QED) is 0.579. The van der Waals surface area contributed by atoms with E-state index in [2.05, 4.69) is 5.32 Å². The molecule has 0 fully saturated rings. The van der Waals surface area contributed by atoms with E-state index >= 15 is 0 Å². The van der Waals surface area contributed by atoms with E-state index in [-0.39, 0.29) is 22.7 Å². The van der Waals surface area contributed by atoms with Gasteiger partial charge >= 0.3 is 0 Å². The Morgan fingerprint density at radius 3 is 2.57 bits per heavy atom. The Hall–Kier alpha value is -1.71. The van der Waals surface area contributed by atoms with Crippen LogP contribution in [0.5, 0.6) is 0 Å². The summed E-state index contributed by atoms with van der Waals surface area (Å²) >= 11 is 0. The van der Waals surface area contributed by atoms with E-state index in [4.69, 9.17) is 0 Å². The zero-order valence-electron chi connectivity index (χ0n) is 13.0. The van der Waals surface area contributed by atoms with Crippen molar-refractivity contribution in [1.29, 1.82) is 0 Å². The Kier molecular flexibility index (Phi) is 6.53. The number of anilines is 1. The van der Waals surface area contributed by atoms with Crippen molar-refractivity contribution >= 4 is 17.9 Å². The summed E-state index contributed by atoms with van der Waals surface area (Å²) in [5.74, 6) is -0.0961. The molecular weight excluding hydrogens is 269 g/mol. The maximum Gasteiger partial charge on any atom is 0.211 e.